The maximum atomic E-state index is 13.6. The molecule has 0 bridgehead atoms. The SMILES string of the molecule is CCOC(=O)C([C@H](OC1CCC[C@H](C)O1)C1CCCCC1)S(=O)(=O)c1ccccc1. The highest BCUT2D eigenvalue weighted by Crippen LogP contribution is 2.36. The predicted octanol–water partition coefficient (Wildman–Crippen LogP) is 4.27. The van der Waals surface area contributed by atoms with E-state index in [1.807, 2.05) is 6.92 Å². The van der Waals surface area contributed by atoms with Crippen LogP contribution in [0, 0.1) is 5.92 Å². The molecule has 0 aromatic heterocycles. The minimum absolute atomic E-state index is 0.0209. The van der Waals surface area contributed by atoms with Crippen molar-refractivity contribution in [3.8, 4) is 0 Å². The Morgan fingerprint density at radius 1 is 1.07 bits per heavy atom. The van der Waals surface area contributed by atoms with E-state index in [1.54, 1.807) is 25.1 Å². The summed E-state index contributed by atoms with van der Waals surface area (Å²) in [6.45, 7) is 3.80. The van der Waals surface area contributed by atoms with Crippen LogP contribution in [0.25, 0.3) is 0 Å². The minimum Gasteiger partial charge on any atom is -0.465 e. The van der Waals surface area contributed by atoms with Crippen molar-refractivity contribution in [1.29, 1.82) is 0 Å². The van der Waals surface area contributed by atoms with Crippen molar-refractivity contribution in [1.82, 2.24) is 0 Å². The summed E-state index contributed by atoms with van der Waals surface area (Å²) in [6, 6.07) is 8.14. The van der Waals surface area contributed by atoms with Crippen LogP contribution in [0.1, 0.15) is 65.2 Å². The molecule has 1 aliphatic heterocycles. The Balaban J connectivity index is 1.97. The largest absolute Gasteiger partial charge is 0.465 e. The molecule has 0 spiro atoms. The summed E-state index contributed by atoms with van der Waals surface area (Å²) in [5, 5.41) is -1.40. The van der Waals surface area contributed by atoms with Gasteiger partial charge in [0.1, 0.15) is 0 Å². The second-order valence-electron chi connectivity index (χ2n) is 8.34. The third-order valence-corrected chi connectivity index (χ3v) is 8.14. The molecule has 30 heavy (non-hydrogen) atoms. The fourth-order valence-corrected chi connectivity index (χ4v) is 6.34. The minimum atomic E-state index is -3.99. The molecule has 0 amide bonds. The zero-order valence-electron chi connectivity index (χ0n) is 18.0. The number of sulfone groups is 1. The molecule has 0 radical (unpaired) electrons. The van der Waals surface area contributed by atoms with Crippen LogP contribution in [0.2, 0.25) is 0 Å². The van der Waals surface area contributed by atoms with Crippen LogP contribution in [-0.2, 0) is 28.8 Å². The summed E-state index contributed by atoms with van der Waals surface area (Å²) in [5.41, 5.74) is 0. The smallest absolute Gasteiger partial charge is 0.327 e. The molecule has 1 saturated carbocycles. The standard InChI is InChI=1S/C23H34O6S/c1-3-27-23(24)22(30(25,26)19-14-8-5-9-15-19)21(18-12-6-4-7-13-18)29-20-16-10-11-17(2)28-20/h5,8-9,14-15,17-18,20-22H,3-4,6-7,10-13,16H2,1-2H3/t17-,20?,21+,22?/m0/s1. The second-order valence-corrected chi connectivity index (χ2v) is 10.4. The maximum absolute atomic E-state index is 13.6. The van der Waals surface area contributed by atoms with Crippen LogP contribution < -0.4 is 0 Å². The molecule has 4 atom stereocenters. The average Bonchev–Trinajstić information content (AvgIpc) is 2.75. The first-order chi connectivity index (χ1) is 14.4. The van der Waals surface area contributed by atoms with Gasteiger partial charge in [-0.05, 0) is 64.0 Å². The Hall–Kier alpha value is -1.44. The van der Waals surface area contributed by atoms with Gasteiger partial charge in [-0.2, -0.15) is 0 Å². The van der Waals surface area contributed by atoms with E-state index in [2.05, 4.69) is 0 Å². The van der Waals surface area contributed by atoms with E-state index >= 15 is 0 Å². The van der Waals surface area contributed by atoms with Crippen molar-refractivity contribution in [2.45, 2.75) is 93.9 Å². The number of ether oxygens (including phenoxy) is 3. The molecule has 1 aromatic carbocycles. The van der Waals surface area contributed by atoms with E-state index < -0.39 is 33.5 Å². The van der Waals surface area contributed by atoms with Gasteiger partial charge >= 0.3 is 5.97 Å². The molecule has 7 heteroatoms. The van der Waals surface area contributed by atoms with Crippen LogP contribution >= 0.6 is 0 Å². The number of hydrogen-bond acceptors (Lipinski definition) is 6. The molecule has 168 valence electrons. The zero-order valence-corrected chi connectivity index (χ0v) is 18.8. The Morgan fingerprint density at radius 2 is 1.77 bits per heavy atom. The molecule has 3 rings (SSSR count). The van der Waals surface area contributed by atoms with Crippen molar-refractivity contribution < 1.29 is 27.4 Å². The first-order valence-electron chi connectivity index (χ1n) is 11.2. The molecule has 2 unspecified atom stereocenters. The van der Waals surface area contributed by atoms with Gasteiger partial charge in [-0.15, -0.1) is 0 Å². The number of rotatable bonds is 8. The van der Waals surface area contributed by atoms with Gasteiger partial charge in [0.05, 0.1) is 23.7 Å². The van der Waals surface area contributed by atoms with Crippen LogP contribution in [-0.4, -0.2) is 44.7 Å². The summed E-state index contributed by atoms with van der Waals surface area (Å²) in [6.07, 6.45) is 6.21. The Morgan fingerprint density at radius 3 is 2.40 bits per heavy atom. The lowest BCUT2D eigenvalue weighted by Gasteiger charge is -2.38. The number of esters is 1. The number of benzene rings is 1. The van der Waals surface area contributed by atoms with E-state index in [-0.39, 0.29) is 23.5 Å². The highest BCUT2D eigenvalue weighted by atomic mass is 32.2. The van der Waals surface area contributed by atoms with Gasteiger partial charge in [0.15, 0.2) is 21.4 Å². The summed E-state index contributed by atoms with van der Waals surface area (Å²) in [7, 11) is -3.99. The van der Waals surface area contributed by atoms with Crippen molar-refractivity contribution >= 4 is 15.8 Å². The van der Waals surface area contributed by atoms with Crippen molar-refractivity contribution in [3.63, 3.8) is 0 Å². The van der Waals surface area contributed by atoms with Gasteiger partial charge in [-0.25, -0.2) is 8.42 Å². The highest BCUT2D eigenvalue weighted by molar-refractivity contribution is 7.92. The highest BCUT2D eigenvalue weighted by Gasteiger charge is 2.47. The van der Waals surface area contributed by atoms with Crippen LogP contribution in [0.5, 0.6) is 0 Å². The lowest BCUT2D eigenvalue weighted by atomic mass is 9.84. The average molecular weight is 439 g/mol. The molecule has 0 N–H and O–H groups in total. The number of hydrogen-bond donors (Lipinski definition) is 0. The van der Waals surface area contributed by atoms with Gasteiger partial charge in [0.25, 0.3) is 0 Å². The summed E-state index contributed by atoms with van der Waals surface area (Å²) >= 11 is 0. The van der Waals surface area contributed by atoms with E-state index in [0.29, 0.717) is 6.42 Å². The Kier molecular flexibility index (Phi) is 8.31. The van der Waals surface area contributed by atoms with Crippen molar-refractivity contribution in [2.24, 2.45) is 5.92 Å². The third kappa shape index (κ3) is 5.62. The van der Waals surface area contributed by atoms with Crippen LogP contribution in [0.4, 0.5) is 0 Å². The maximum Gasteiger partial charge on any atom is 0.327 e. The fourth-order valence-electron chi connectivity index (χ4n) is 4.55. The van der Waals surface area contributed by atoms with E-state index in [1.165, 1.54) is 12.1 Å². The number of carbonyl (C=O) groups is 1. The zero-order chi connectivity index (χ0) is 21.6. The van der Waals surface area contributed by atoms with Crippen molar-refractivity contribution in [3.05, 3.63) is 30.3 Å². The first kappa shape index (κ1) is 23.2. The van der Waals surface area contributed by atoms with E-state index in [4.69, 9.17) is 14.2 Å². The monoisotopic (exact) mass is 438 g/mol. The van der Waals surface area contributed by atoms with Crippen LogP contribution in [0.15, 0.2) is 35.2 Å². The predicted molar refractivity (Wildman–Crippen MR) is 114 cm³/mol. The second kappa shape index (κ2) is 10.7. The molecule has 1 heterocycles. The topological polar surface area (TPSA) is 78.9 Å². The lowest BCUT2D eigenvalue weighted by Crippen LogP contribution is -2.50. The molecule has 1 aromatic rings. The molecular formula is C23H34O6S. The van der Waals surface area contributed by atoms with Gasteiger partial charge in [0, 0.05) is 0 Å². The normalized spacial score (nSPS) is 25.4. The first-order valence-corrected chi connectivity index (χ1v) is 12.7. The third-order valence-electron chi connectivity index (χ3n) is 6.08. The quantitative estimate of drug-likeness (QED) is 0.564. The molecule has 1 aliphatic carbocycles. The fraction of sp³-hybridized carbons (Fsp3) is 0.696. The molecular weight excluding hydrogens is 404 g/mol. The van der Waals surface area contributed by atoms with Crippen LogP contribution in [0.3, 0.4) is 0 Å². The van der Waals surface area contributed by atoms with Gasteiger partial charge < -0.3 is 14.2 Å². The lowest BCUT2D eigenvalue weighted by molar-refractivity contribution is -0.222. The molecule has 2 fully saturated rings. The number of carbonyl (C=O) groups excluding carboxylic acids is 1. The summed E-state index contributed by atoms with van der Waals surface area (Å²) < 4.78 is 44.8. The van der Waals surface area contributed by atoms with Gasteiger partial charge in [0.2, 0.25) is 0 Å². The Labute approximate surface area is 180 Å². The molecule has 2 aliphatic rings. The van der Waals surface area contributed by atoms with Gasteiger partial charge in [-0.1, -0.05) is 37.5 Å². The molecule has 1 saturated heterocycles. The Bertz CT molecular complexity index is 772. The summed E-state index contributed by atoms with van der Waals surface area (Å²) in [5.74, 6) is -0.756. The summed E-state index contributed by atoms with van der Waals surface area (Å²) in [4.78, 5) is 13.1. The van der Waals surface area contributed by atoms with Crippen molar-refractivity contribution in [2.75, 3.05) is 6.61 Å². The van der Waals surface area contributed by atoms with Gasteiger partial charge in [-0.3, -0.25) is 4.79 Å². The molecule has 6 nitrogen and oxygen atoms in total. The van der Waals surface area contributed by atoms with E-state index in [0.717, 1.165) is 44.9 Å². The van der Waals surface area contributed by atoms with E-state index in [9.17, 15) is 13.2 Å².